The number of epoxide rings is 1. The Morgan fingerprint density at radius 2 is 1.57 bits per heavy atom. The van der Waals surface area contributed by atoms with Gasteiger partial charge in [0.25, 0.3) is 0 Å². The van der Waals surface area contributed by atoms with Gasteiger partial charge >= 0.3 is 11.9 Å². The molecule has 1 heterocycles. The molecule has 6 aliphatic rings. The largest absolute Gasteiger partial charge is 0.497 e. The van der Waals surface area contributed by atoms with Crippen LogP contribution in [0.4, 0.5) is 0 Å². The molecule has 5 aliphatic carbocycles. The third-order valence-electron chi connectivity index (χ3n) is 13.5. The van der Waals surface area contributed by atoms with Crippen molar-refractivity contribution >= 4 is 11.9 Å². The molecule has 1 aromatic rings. The minimum Gasteiger partial charge on any atom is -0.497 e. The summed E-state index contributed by atoms with van der Waals surface area (Å²) in [6.45, 7) is 8.87. The number of methoxy groups -OCH3 is 1. The summed E-state index contributed by atoms with van der Waals surface area (Å²) in [7, 11) is 1.58. The zero-order valence-electron chi connectivity index (χ0n) is 26.2. The summed E-state index contributed by atoms with van der Waals surface area (Å²) in [5.41, 5.74) is 1.19. The van der Waals surface area contributed by atoms with Crippen LogP contribution in [-0.2, 0) is 14.3 Å². The van der Waals surface area contributed by atoms with Gasteiger partial charge in [-0.1, -0.05) is 40.0 Å². The second-order valence-electron chi connectivity index (χ2n) is 15.2. The van der Waals surface area contributed by atoms with Gasteiger partial charge in [-0.25, -0.2) is 4.79 Å². The van der Waals surface area contributed by atoms with Crippen molar-refractivity contribution in [2.75, 3.05) is 20.3 Å². The van der Waals surface area contributed by atoms with E-state index in [9.17, 15) is 14.7 Å². The fourth-order valence-corrected chi connectivity index (χ4v) is 11.4. The van der Waals surface area contributed by atoms with Gasteiger partial charge in [0.15, 0.2) is 0 Å². The lowest BCUT2D eigenvalue weighted by atomic mass is 9.38. The van der Waals surface area contributed by atoms with Gasteiger partial charge in [0.2, 0.25) is 0 Å². The summed E-state index contributed by atoms with van der Waals surface area (Å²) in [6, 6.07) is 6.80. The van der Waals surface area contributed by atoms with Crippen molar-refractivity contribution in [3.63, 3.8) is 0 Å². The highest BCUT2D eigenvalue weighted by atomic mass is 16.6. The van der Waals surface area contributed by atoms with Gasteiger partial charge in [-0.05, 0) is 128 Å². The van der Waals surface area contributed by atoms with Crippen molar-refractivity contribution in [3.05, 3.63) is 29.8 Å². The lowest BCUT2D eigenvalue weighted by Gasteiger charge is -2.67. The highest BCUT2D eigenvalue weighted by molar-refractivity contribution is 5.89. The van der Waals surface area contributed by atoms with Crippen LogP contribution < -0.4 is 4.74 Å². The van der Waals surface area contributed by atoms with E-state index in [2.05, 4.69) is 20.8 Å². The van der Waals surface area contributed by atoms with E-state index in [4.69, 9.17) is 14.2 Å². The second-order valence-corrected chi connectivity index (χ2v) is 15.2. The van der Waals surface area contributed by atoms with Gasteiger partial charge in [0.1, 0.15) is 18.5 Å². The number of carboxylic acid groups (broad SMARTS) is 1. The summed E-state index contributed by atoms with van der Waals surface area (Å²) in [5, 5.41) is 10.1. The third-order valence-corrected chi connectivity index (χ3v) is 13.5. The molecule has 1 N–H and O–H groups in total. The van der Waals surface area contributed by atoms with Crippen LogP contribution in [0.1, 0.15) is 108 Å². The minimum atomic E-state index is -0.465. The fraction of sp³-hybridized carbons (Fsp3) is 0.778. The van der Waals surface area contributed by atoms with Crippen LogP contribution in [0.5, 0.6) is 5.75 Å². The molecule has 10 atom stereocenters. The molecule has 7 rings (SSSR count). The van der Waals surface area contributed by atoms with Crippen LogP contribution in [0.3, 0.4) is 0 Å². The minimum absolute atomic E-state index is 0.104. The van der Waals surface area contributed by atoms with E-state index >= 15 is 0 Å². The molecule has 10 unspecified atom stereocenters. The Hall–Kier alpha value is -2.08. The third kappa shape index (κ3) is 5.08. The van der Waals surface area contributed by atoms with Crippen LogP contribution >= 0.6 is 0 Å². The lowest BCUT2D eigenvalue weighted by molar-refractivity contribution is -0.190. The van der Waals surface area contributed by atoms with Crippen LogP contribution in [0.25, 0.3) is 0 Å². The van der Waals surface area contributed by atoms with Crippen molar-refractivity contribution < 1.29 is 28.9 Å². The van der Waals surface area contributed by atoms with E-state index in [1.807, 2.05) is 0 Å². The molecule has 42 heavy (non-hydrogen) atoms. The summed E-state index contributed by atoms with van der Waals surface area (Å²) < 4.78 is 14.9. The summed E-state index contributed by atoms with van der Waals surface area (Å²) in [5.74, 6) is 4.62. The van der Waals surface area contributed by atoms with Crippen molar-refractivity contribution in [3.8, 4) is 5.75 Å². The zero-order valence-corrected chi connectivity index (χ0v) is 26.2. The molecule has 1 aromatic carbocycles. The molecule has 0 aromatic heterocycles. The highest BCUT2D eigenvalue weighted by Gasteiger charge is 2.65. The number of esters is 1. The number of carbonyl (C=O) groups excluding carboxylic acids is 1. The van der Waals surface area contributed by atoms with Crippen LogP contribution in [-0.4, -0.2) is 43.5 Å². The van der Waals surface area contributed by atoms with Gasteiger partial charge in [-0.15, -0.1) is 0 Å². The average Bonchev–Trinajstić information content (AvgIpc) is 3.70. The monoisotopic (exact) mass is 580 g/mol. The number of carbonyl (C=O) groups is 2. The topological polar surface area (TPSA) is 85.4 Å². The van der Waals surface area contributed by atoms with Crippen LogP contribution in [0.2, 0.25) is 0 Å². The molecule has 1 saturated heterocycles. The Kier molecular flexibility index (Phi) is 8.17. The van der Waals surface area contributed by atoms with E-state index in [1.54, 1.807) is 31.4 Å². The Morgan fingerprint density at radius 3 is 2.26 bits per heavy atom. The molecule has 0 radical (unpaired) electrons. The zero-order chi connectivity index (χ0) is 29.7. The molecule has 232 valence electrons. The number of aliphatic carboxylic acids is 1. The number of ether oxygens (including phenoxy) is 3. The van der Waals surface area contributed by atoms with Gasteiger partial charge in [-0.3, -0.25) is 4.79 Å². The molecule has 6 fully saturated rings. The number of fused-ring (bicyclic) bond motifs is 7. The molecular weight excluding hydrogens is 528 g/mol. The van der Waals surface area contributed by atoms with Crippen molar-refractivity contribution in [1.82, 2.24) is 0 Å². The van der Waals surface area contributed by atoms with Crippen molar-refractivity contribution in [2.45, 2.75) is 104 Å². The van der Waals surface area contributed by atoms with Crippen molar-refractivity contribution in [2.24, 2.45) is 51.8 Å². The second kappa shape index (κ2) is 11.4. The molecule has 5 saturated carbocycles. The lowest BCUT2D eigenvalue weighted by Crippen LogP contribution is -2.60. The first-order chi connectivity index (χ1) is 20.1. The first kappa shape index (κ1) is 30.0. The van der Waals surface area contributed by atoms with E-state index in [-0.39, 0.29) is 17.5 Å². The number of benzene rings is 1. The quantitative estimate of drug-likeness (QED) is 0.283. The van der Waals surface area contributed by atoms with Crippen LogP contribution in [0, 0.1) is 51.8 Å². The summed E-state index contributed by atoms with van der Waals surface area (Å²) in [6.07, 6.45) is 15.4. The first-order valence-corrected chi connectivity index (χ1v) is 16.8. The first-order valence-electron chi connectivity index (χ1n) is 16.8. The smallest absolute Gasteiger partial charge is 0.338 e. The van der Waals surface area contributed by atoms with Gasteiger partial charge in [-0.2, -0.15) is 0 Å². The molecule has 6 heteroatoms. The van der Waals surface area contributed by atoms with Gasteiger partial charge in [0.05, 0.1) is 24.7 Å². The summed E-state index contributed by atoms with van der Waals surface area (Å²) in [4.78, 5) is 23.7. The maximum atomic E-state index is 12.3. The Bertz CT molecular complexity index is 1140. The van der Waals surface area contributed by atoms with Gasteiger partial charge in [0, 0.05) is 0 Å². The average molecular weight is 581 g/mol. The van der Waals surface area contributed by atoms with E-state index in [1.165, 1.54) is 57.8 Å². The molecule has 0 spiro atoms. The fourth-order valence-electron chi connectivity index (χ4n) is 11.4. The normalized spacial score (nSPS) is 43.3. The standard InChI is InChI=1S/C25H40O2.C11H12O4/c1-16-6-4-12-23(2)18(16)10-14-24(3)19-11-15-25(22(26)27)13-5-7-20(25)17(19)8-9-21(23)24;1-13-9-4-2-8(3-5-9)11(12)15-7-10-6-14-10/h16-21H,4-15H2,1-3H3,(H,26,27);2-5,10H,6-7H2,1H3. The Morgan fingerprint density at radius 1 is 0.881 bits per heavy atom. The van der Waals surface area contributed by atoms with E-state index < -0.39 is 5.97 Å². The molecule has 1 aliphatic heterocycles. The maximum absolute atomic E-state index is 12.3. The molecule has 6 nitrogen and oxygen atoms in total. The SMILES string of the molecule is CC1CCCC2(C)C1CCC1(C)C3CCC4(C(=O)O)CCCC4C3CCC21.COc1ccc(C(=O)OCC2CO2)cc1. The number of hydrogen-bond donors (Lipinski definition) is 1. The molecule has 0 amide bonds. The predicted molar refractivity (Wildman–Crippen MR) is 161 cm³/mol. The molecular formula is C36H52O6. The number of rotatable bonds is 5. The Labute approximate surface area is 252 Å². The number of hydrogen-bond acceptors (Lipinski definition) is 5. The summed E-state index contributed by atoms with van der Waals surface area (Å²) >= 11 is 0. The highest BCUT2D eigenvalue weighted by Crippen LogP contribution is 2.71. The molecule has 0 bridgehead atoms. The predicted octanol–water partition coefficient (Wildman–Crippen LogP) is 7.79. The van der Waals surface area contributed by atoms with Crippen molar-refractivity contribution in [1.29, 1.82) is 0 Å². The number of carboxylic acids is 1. The maximum Gasteiger partial charge on any atom is 0.338 e. The van der Waals surface area contributed by atoms with Crippen LogP contribution in [0.15, 0.2) is 24.3 Å². The van der Waals surface area contributed by atoms with Gasteiger partial charge < -0.3 is 19.3 Å². The van der Waals surface area contributed by atoms with E-state index in [0.717, 1.165) is 48.7 Å². The van der Waals surface area contributed by atoms with E-state index in [0.29, 0.717) is 41.4 Å². The Balaban J connectivity index is 0.000000179.